The lowest BCUT2D eigenvalue weighted by Gasteiger charge is -2.10. The second kappa shape index (κ2) is 6.09. The summed E-state index contributed by atoms with van der Waals surface area (Å²) in [5.74, 6) is 0. The molecule has 0 radical (unpaired) electrons. The molecule has 0 amide bonds. The number of nitro groups is 1. The lowest BCUT2D eigenvalue weighted by atomic mass is 10.3. The fourth-order valence-corrected chi connectivity index (χ4v) is 2.54. The standard InChI is InChI=1S/C14H17N3O4/c18-17(19)10-5-6-13-12(9-10)16-14(21-13)15-7-8-20-11-3-1-2-4-11/h5-6,9,11H,1-4,7-8H2,(H,15,16). The number of rotatable bonds is 6. The Balaban J connectivity index is 1.55. The molecule has 7 heteroatoms. The molecule has 1 N–H and O–H groups in total. The third-order valence-electron chi connectivity index (χ3n) is 3.62. The van der Waals surface area contributed by atoms with Gasteiger partial charge in [-0.1, -0.05) is 12.8 Å². The van der Waals surface area contributed by atoms with Crippen molar-refractivity contribution in [3.63, 3.8) is 0 Å². The first kappa shape index (κ1) is 13.8. The van der Waals surface area contributed by atoms with Gasteiger partial charge in [-0.05, 0) is 18.9 Å². The topological polar surface area (TPSA) is 90.4 Å². The monoisotopic (exact) mass is 291 g/mol. The van der Waals surface area contributed by atoms with Crippen molar-refractivity contribution in [1.82, 2.24) is 4.98 Å². The summed E-state index contributed by atoms with van der Waals surface area (Å²) >= 11 is 0. The molecule has 1 heterocycles. The average molecular weight is 291 g/mol. The van der Waals surface area contributed by atoms with Gasteiger partial charge in [0.2, 0.25) is 0 Å². The van der Waals surface area contributed by atoms with Crippen LogP contribution in [0.2, 0.25) is 0 Å². The van der Waals surface area contributed by atoms with Crippen molar-refractivity contribution in [2.24, 2.45) is 0 Å². The van der Waals surface area contributed by atoms with E-state index in [4.69, 9.17) is 9.15 Å². The van der Waals surface area contributed by atoms with Crippen molar-refractivity contribution >= 4 is 22.8 Å². The number of hydrogen-bond acceptors (Lipinski definition) is 6. The third kappa shape index (κ3) is 3.30. The van der Waals surface area contributed by atoms with Gasteiger partial charge in [-0.25, -0.2) is 0 Å². The molecule has 3 rings (SSSR count). The normalized spacial score (nSPS) is 15.6. The van der Waals surface area contributed by atoms with E-state index < -0.39 is 4.92 Å². The maximum absolute atomic E-state index is 10.7. The van der Waals surface area contributed by atoms with Gasteiger partial charge < -0.3 is 14.5 Å². The Morgan fingerprint density at radius 1 is 1.43 bits per heavy atom. The number of fused-ring (bicyclic) bond motifs is 1. The van der Waals surface area contributed by atoms with Gasteiger partial charge in [0.25, 0.3) is 11.7 Å². The third-order valence-corrected chi connectivity index (χ3v) is 3.62. The van der Waals surface area contributed by atoms with Crippen molar-refractivity contribution < 1.29 is 14.1 Å². The zero-order chi connectivity index (χ0) is 14.7. The van der Waals surface area contributed by atoms with Crippen LogP contribution in [-0.2, 0) is 4.74 Å². The Morgan fingerprint density at radius 3 is 3.00 bits per heavy atom. The van der Waals surface area contributed by atoms with Crippen LogP contribution in [0.4, 0.5) is 11.7 Å². The highest BCUT2D eigenvalue weighted by Crippen LogP contribution is 2.23. The molecule has 0 spiro atoms. The number of hydrogen-bond donors (Lipinski definition) is 1. The highest BCUT2D eigenvalue weighted by atomic mass is 16.6. The first-order valence-electron chi connectivity index (χ1n) is 7.13. The van der Waals surface area contributed by atoms with Crippen molar-refractivity contribution in [1.29, 1.82) is 0 Å². The van der Waals surface area contributed by atoms with E-state index in [2.05, 4.69) is 10.3 Å². The van der Waals surface area contributed by atoms with Crippen LogP contribution in [0, 0.1) is 10.1 Å². The molecule has 1 aromatic heterocycles. The van der Waals surface area contributed by atoms with Gasteiger partial charge in [0.1, 0.15) is 5.52 Å². The lowest BCUT2D eigenvalue weighted by molar-refractivity contribution is -0.384. The summed E-state index contributed by atoms with van der Waals surface area (Å²) in [6.45, 7) is 1.20. The van der Waals surface area contributed by atoms with Crippen LogP contribution in [0.5, 0.6) is 0 Å². The molecule has 0 aliphatic heterocycles. The number of nitro benzene ring substituents is 1. The van der Waals surface area contributed by atoms with Crippen LogP contribution in [0.1, 0.15) is 25.7 Å². The Bertz CT molecular complexity index is 634. The number of nitrogens with one attached hydrogen (secondary N) is 1. The van der Waals surface area contributed by atoms with E-state index in [9.17, 15) is 10.1 Å². The lowest BCUT2D eigenvalue weighted by Crippen LogP contribution is -2.15. The van der Waals surface area contributed by atoms with Gasteiger partial charge in [-0.15, -0.1) is 0 Å². The molecular formula is C14H17N3O4. The van der Waals surface area contributed by atoms with E-state index in [1.165, 1.54) is 25.0 Å². The Morgan fingerprint density at radius 2 is 2.24 bits per heavy atom. The van der Waals surface area contributed by atoms with Crippen molar-refractivity contribution in [2.45, 2.75) is 31.8 Å². The summed E-state index contributed by atoms with van der Waals surface area (Å²) in [6, 6.07) is 4.72. The van der Waals surface area contributed by atoms with Crippen LogP contribution < -0.4 is 5.32 Å². The molecule has 1 aliphatic rings. The number of aromatic nitrogens is 1. The van der Waals surface area contributed by atoms with Gasteiger partial charge in [0.05, 0.1) is 17.6 Å². The number of benzene rings is 1. The molecule has 0 saturated heterocycles. The molecule has 0 bridgehead atoms. The van der Waals surface area contributed by atoms with Crippen LogP contribution in [-0.4, -0.2) is 29.2 Å². The van der Waals surface area contributed by atoms with E-state index in [0.29, 0.717) is 36.4 Å². The summed E-state index contributed by atoms with van der Waals surface area (Å²) < 4.78 is 11.2. The number of nitrogens with zero attached hydrogens (tertiary/aromatic N) is 2. The van der Waals surface area contributed by atoms with Gasteiger partial charge in [-0.2, -0.15) is 4.98 Å². The molecular weight excluding hydrogens is 274 g/mol. The number of ether oxygens (including phenoxy) is 1. The molecule has 0 unspecified atom stereocenters. The van der Waals surface area contributed by atoms with E-state index in [-0.39, 0.29) is 5.69 Å². The minimum absolute atomic E-state index is 0.00640. The summed E-state index contributed by atoms with van der Waals surface area (Å²) in [7, 11) is 0. The molecule has 112 valence electrons. The molecule has 21 heavy (non-hydrogen) atoms. The Labute approximate surface area is 121 Å². The number of anilines is 1. The molecule has 1 fully saturated rings. The van der Waals surface area contributed by atoms with Gasteiger partial charge in [0, 0.05) is 18.7 Å². The summed E-state index contributed by atoms with van der Waals surface area (Å²) in [6.07, 6.45) is 5.18. The smallest absolute Gasteiger partial charge is 0.295 e. The molecule has 2 aromatic rings. The molecule has 1 aliphatic carbocycles. The predicted octanol–water partition coefficient (Wildman–Crippen LogP) is 3.11. The van der Waals surface area contributed by atoms with Crippen LogP contribution in [0.3, 0.4) is 0 Å². The minimum atomic E-state index is -0.448. The second-order valence-electron chi connectivity index (χ2n) is 5.13. The fraction of sp³-hybridized carbons (Fsp3) is 0.500. The number of non-ortho nitro benzene ring substituents is 1. The molecule has 7 nitrogen and oxygen atoms in total. The highest BCUT2D eigenvalue weighted by molar-refractivity contribution is 5.77. The first-order chi connectivity index (χ1) is 10.2. The maximum Gasteiger partial charge on any atom is 0.295 e. The van der Waals surface area contributed by atoms with Gasteiger partial charge in [-0.3, -0.25) is 10.1 Å². The van der Waals surface area contributed by atoms with E-state index in [0.717, 1.165) is 12.8 Å². The highest BCUT2D eigenvalue weighted by Gasteiger charge is 2.15. The summed E-state index contributed by atoms with van der Waals surface area (Å²) in [5.41, 5.74) is 1.01. The Hall–Kier alpha value is -2.15. The van der Waals surface area contributed by atoms with Crippen LogP contribution >= 0.6 is 0 Å². The van der Waals surface area contributed by atoms with Crippen molar-refractivity contribution in [3.8, 4) is 0 Å². The SMILES string of the molecule is O=[N+]([O-])c1ccc2oc(NCCOC3CCCC3)nc2c1. The zero-order valence-electron chi connectivity index (χ0n) is 11.6. The fourth-order valence-electron chi connectivity index (χ4n) is 2.54. The Kier molecular flexibility index (Phi) is 4.01. The van der Waals surface area contributed by atoms with E-state index >= 15 is 0 Å². The first-order valence-corrected chi connectivity index (χ1v) is 7.13. The maximum atomic E-state index is 10.7. The van der Waals surface area contributed by atoms with Crippen LogP contribution in [0.25, 0.3) is 11.1 Å². The zero-order valence-corrected chi connectivity index (χ0v) is 11.6. The number of oxazole rings is 1. The van der Waals surface area contributed by atoms with Gasteiger partial charge in [0.15, 0.2) is 5.58 Å². The quantitative estimate of drug-likeness (QED) is 0.499. The van der Waals surface area contributed by atoms with E-state index in [1.54, 1.807) is 6.07 Å². The largest absolute Gasteiger partial charge is 0.424 e. The van der Waals surface area contributed by atoms with Crippen molar-refractivity contribution in [2.75, 3.05) is 18.5 Å². The summed E-state index contributed by atoms with van der Waals surface area (Å²) in [5, 5.41) is 13.7. The van der Waals surface area contributed by atoms with Gasteiger partial charge >= 0.3 is 0 Å². The predicted molar refractivity (Wildman–Crippen MR) is 77.4 cm³/mol. The molecule has 0 atom stereocenters. The minimum Gasteiger partial charge on any atom is -0.424 e. The van der Waals surface area contributed by atoms with Crippen LogP contribution in [0.15, 0.2) is 22.6 Å². The molecule has 1 aromatic carbocycles. The van der Waals surface area contributed by atoms with E-state index in [1.807, 2.05) is 0 Å². The molecule has 1 saturated carbocycles. The second-order valence-corrected chi connectivity index (χ2v) is 5.13. The summed E-state index contributed by atoms with van der Waals surface area (Å²) in [4.78, 5) is 14.4. The average Bonchev–Trinajstić information content (AvgIpc) is 3.11. The van der Waals surface area contributed by atoms with Crippen molar-refractivity contribution in [3.05, 3.63) is 28.3 Å².